The average Bonchev–Trinajstić information content (AvgIpc) is 2.80. The molecule has 1 fully saturated rings. The van der Waals surface area contributed by atoms with Gasteiger partial charge in [0.25, 0.3) is 0 Å². The number of hydrogen-bond acceptors (Lipinski definition) is 5. The van der Waals surface area contributed by atoms with Crippen molar-refractivity contribution < 1.29 is 22.7 Å². The lowest BCUT2D eigenvalue weighted by Crippen LogP contribution is -2.43. The summed E-state index contributed by atoms with van der Waals surface area (Å²) < 4.78 is 38.4. The van der Waals surface area contributed by atoms with Crippen LogP contribution in [0, 0.1) is 5.92 Å². The first-order chi connectivity index (χ1) is 15.0. The number of ether oxygens (including phenoxy) is 2. The Kier molecular flexibility index (Phi) is 7.92. The summed E-state index contributed by atoms with van der Waals surface area (Å²) >= 11 is 0. The van der Waals surface area contributed by atoms with Crippen molar-refractivity contribution in [2.75, 3.05) is 32.1 Å². The number of nitrogens with one attached hydrogen (secondary N) is 1. The molecule has 0 radical (unpaired) electrons. The molecule has 2 aromatic rings. The topological polar surface area (TPSA) is 84.9 Å². The molecule has 3 rings (SSSR count). The number of carbonyl (C=O) groups is 1. The van der Waals surface area contributed by atoms with Crippen LogP contribution in [0.1, 0.15) is 32.6 Å². The molecule has 31 heavy (non-hydrogen) atoms. The Morgan fingerprint density at radius 1 is 1.16 bits per heavy atom. The highest BCUT2D eigenvalue weighted by molar-refractivity contribution is 7.89. The van der Waals surface area contributed by atoms with Crippen molar-refractivity contribution in [3.63, 3.8) is 0 Å². The lowest BCUT2D eigenvalue weighted by molar-refractivity contribution is -0.120. The van der Waals surface area contributed by atoms with Crippen LogP contribution in [0.2, 0.25) is 0 Å². The van der Waals surface area contributed by atoms with Gasteiger partial charge < -0.3 is 14.8 Å². The van der Waals surface area contributed by atoms with Gasteiger partial charge in [-0.05, 0) is 55.7 Å². The molecule has 0 spiro atoms. The summed E-state index contributed by atoms with van der Waals surface area (Å²) in [5, 5.41) is 2.93. The van der Waals surface area contributed by atoms with Crippen LogP contribution < -0.4 is 14.8 Å². The van der Waals surface area contributed by atoms with Crippen LogP contribution >= 0.6 is 0 Å². The molecule has 168 valence electrons. The largest absolute Gasteiger partial charge is 0.497 e. The number of amides is 1. The number of para-hydroxylation sites is 2. The number of carbonyl (C=O) groups excluding carboxylic acids is 1. The SMILES string of the molecule is CCCCOc1ccccc1NC(=O)C1CCCN(S(=O)(=O)c2ccc(OC)cc2)C1. The van der Waals surface area contributed by atoms with E-state index in [0.717, 1.165) is 12.8 Å². The Hall–Kier alpha value is -2.58. The maximum Gasteiger partial charge on any atom is 0.243 e. The van der Waals surface area contributed by atoms with E-state index in [2.05, 4.69) is 12.2 Å². The van der Waals surface area contributed by atoms with E-state index >= 15 is 0 Å². The number of rotatable bonds is 9. The zero-order chi connectivity index (χ0) is 22.3. The summed E-state index contributed by atoms with van der Waals surface area (Å²) in [6.45, 7) is 3.22. The summed E-state index contributed by atoms with van der Waals surface area (Å²) in [6.07, 6.45) is 3.22. The highest BCUT2D eigenvalue weighted by Crippen LogP contribution is 2.28. The normalized spacial score (nSPS) is 17.2. The Balaban J connectivity index is 1.68. The molecular weight excluding hydrogens is 416 g/mol. The van der Waals surface area contributed by atoms with Crippen molar-refractivity contribution in [2.45, 2.75) is 37.5 Å². The van der Waals surface area contributed by atoms with Gasteiger partial charge in [0.05, 0.1) is 30.2 Å². The Bertz CT molecular complexity index is 976. The summed E-state index contributed by atoms with van der Waals surface area (Å²) in [6, 6.07) is 13.6. The lowest BCUT2D eigenvalue weighted by atomic mass is 9.98. The van der Waals surface area contributed by atoms with E-state index in [1.54, 1.807) is 18.2 Å². The van der Waals surface area contributed by atoms with Crippen molar-refractivity contribution in [2.24, 2.45) is 5.92 Å². The van der Waals surface area contributed by atoms with Gasteiger partial charge in [0.2, 0.25) is 15.9 Å². The molecule has 1 N–H and O–H groups in total. The lowest BCUT2D eigenvalue weighted by Gasteiger charge is -2.31. The van der Waals surface area contributed by atoms with Crippen LogP contribution in [-0.2, 0) is 14.8 Å². The van der Waals surface area contributed by atoms with E-state index in [0.29, 0.717) is 43.2 Å². The number of sulfonamides is 1. The Labute approximate surface area is 184 Å². The van der Waals surface area contributed by atoms with E-state index < -0.39 is 15.9 Å². The van der Waals surface area contributed by atoms with Crippen LogP contribution in [0.3, 0.4) is 0 Å². The molecule has 1 saturated heterocycles. The zero-order valence-electron chi connectivity index (χ0n) is 18.0. The Morgan fingerprint density at radius 2 is 1.90 bits per heavy atom. The zero-order valence-corrected chi connectivity index (χ0v) is 18.9. The summed E-state index contributed by atoms with van der Waals surface area (Å²) in [5.41, 5.74) is 0.610. The highest BCUT2D eigenvalue weighted by atomic mass is 32.2. The number of anilines is 1. The van der Waals surface area contributed by atoms with Crippen molar-refractivity contribution in [3.05, 3.63) is 48.5 Å². The minimum Gasteiger partial charge on any atom is -0.497 e. The number of methoxy groups -OCH3 is 1. The fourth-order valence-electron chi connectivity index (χ4n) is 3.53. The molecule has 0 aliphatic carbocycles. The molecule has 1 aliphatic heterocycles. The fraction of sp³-hybridized carbons (Fsp3) is 0.435. The van der Waals surface area contributed by atoms with Crippen molar-refractivity contribution in [1.82, 2.24) is 4.31 Å². The van der Waals surface area contributed by atoms with Gasteiger partial charge in [-0.1, -0.05) is 25.5 Å². The number of nitrogens with zero attached hydrogens (tertiary/aromatic N) is 1. The second-order valence-corrected chi connectivity index (χ2v) is 9.50. The molecule has 7 nitrogen and oxygen atoms in total. The molecule has 0 aromatic heterocycles. The maximum absolute atomic E-state index is 13.0. The quantitative estimate of drug-likeness (QED) is 0.590. The molecular formula is C23H30N2O5S. The van der Waals surface area contributed by atoms with Crippen LogP contribution in [0.5, 0.6) is 11.5 Å². The monoisotopic (exact) mass is 446 g/mol. The highest BCUT2D eigenvalue weighted by Gasteiger charge is 2.33. The predicted octanol–water partition coefficient (Wildman–Crippen LogP) is 3.91. The number of benzene rings is 2. The molecule has 0 saturated carbocycles. The molecule has 2 aromatic carbocycles. The van der Waals surface area contributed by atoms with Gasteiger partial charge in [-0.15, -0.1) is 0 Å². The third-order valence-electron chi connectivity index (χ3n) is 5.35. The van der Waals surface area contributed by atoms with E-state index in [1.165, 1.54) is 23.5 Å². The van der Waals surface area contributed by atoms with Crippen LogP contribution in [0.4, 0.5) is 5.69 Å². The smallest absolute Gasteiger partial charge is 0.243 e. The molecule has 1 unspecified atom stereocenters. The van der Waals surface area contributed by atoms with E-state index in [-0.39, 0.29) is 17.3 Å². The first-order valence-electron chi connectivity index (χ1n) is 10.6. The second kappa shape index (κ2) is 10.6. The van der Waals surface area contributed by atoms with Gasteiger partial charge in [0, 0.05) is 13.1 Å². The van der Waals surface area contributed by atoms with Crippen molar-refractivity contribution in [1.29, 1.82) is 0 Å². The van der Waals surface area contributed by atoms with Gasteiger partial charge in [0.15, 0.2) is 0 Å². The van der Waals surface area contributed by atoms with E-state index in [4.69, 9.17) is 9.47 Å². The van der Waals surface area contributed by atoms with Crippen LogP contribution in [-0.4, -0.2) is 45.4 Å². The fourth-order valence-corrected chi connectivity index (χ4v) is 5.05. The summed E-state index contributed by atoms with van der Waals surface area (Å²) in [5.74, 6) is 0.601. The molecule has 1 aliphatic rings. The first kappa shape index (κ1) is 23.1. The molecule has 1 heterocycles. The summed E-state index contributed by atoms with van der Waals surface area (Å²) in [4.78, 5) is 13.1. The Morgan fingerprint density at radius 3 is 2.61 bits per heavy atom. The number of hydrogen-bond donors (Lipinski definition) is 1. The van der Waals surface area contributed by atoms with Gasteiger partial charge in [-0.2, -0.15) is 4.31 Å². The molecule has 8 heteroatoms. The van der Waals surface area contributed by atoms with Gasteiger partial charge in [-0.25, -0.2) is 8.42 Å². The standard InChI is InChI=1S/C23H30N2O5S/c1-3-4-16-30-22-10-6-5-9-21(22)24-23(26)18-8-7-15-25(17-18)31(27,28)20-13-11-19(29-2)12-14-20/h5-6,9-14,18H,3-4,7-8,15-17H2,1-2H3,(H,24,26). The molecule has 1 atom stereocenters. The minimum atomic E-state index is -3.68. The van der Waals surface area contributed by atoms with Gasteiger partial charge >= 0.3 is 0 Å². The number of piperidine rings is 1. The van der Waals surface area contributed by atoms with Crippen molar-refractivity contribution in [3.8, 4) is 11.5 Å². The molecule has 0 bridgehead atoms. The maximum atomic E-state index is 13.0. The third-order valence-corrected chi connectivity index (χ3v) is 7.23. The average molecular weight is 447 g/mol. The van der Waals surface area contributed by atoms with E-state index in [1.807, 2.05) is 18.2 Å². The second-order valence-electron chi connectivity index (χ2n) is 7.57. The first-order valence-corrected chi connectivity index (χ1v) is 12.1. The van der Waals surface area contributed by atoms with E-state index in [9.17, 15) is 13.2 Å². The molecule has 1 amide bonds. The number of unbranched alkanes of at least 4 members (excludes halogenated alkanes) is 1. The predicted molar refractivity (Wildman–Crippen MR) is 120 cm³/mol. The summed E-state index contributed by atoms with van der Waals surface area (Å²) in [7, 11) is -2.14. The van der Waals surface area contributed by atoms with Crippen LogP contribution in [0.25, 0.3) is 0 Å². The third kappa shape index (κ3) is 5.77. The van der Waals surface area contributed by atoms with Crippen molar-refractivity contribution >= 4 is 21.6 Å². The van der Waals surface area contributed by atoms with Gasteiger partial charge in [0.1, 0.15) is 11.5 Å². The minimum absolute atomic E-state index is 0.152. The van der Waals surface area contributed by atoms with Crippen LogP contribution in [0.15, 0.2) is 53.4 Å². The van der Waals surface area contributed by atoms with Gasteiger partial charge in [-0.3, -0.25) is 4.79 Å².